The summed E-state index contributed by atoms with van der Waals surface area (Å²) in [5, 5.41) is 0. The van der Waals surface area contributed by atoms with Gasteiger partial charge in [0, 0.05) is 0 Å². The van der Waals surface area contributed by atoms with Gasteiger partial charge >= 0.3 is 126 Å². The van der Waals surface area contributed by atoms with Crippen LogP contribution in [0.5, 0.6) is 0 Å². The van der Waals surface area contributed by atoms with E-state index in [0.717, 1.165) is 0 Å². The molecule has 0 fully saturated rings. The van der Waals surface area contributed by atoms with Crippen molar-refractivity contribution in [1.82, 2.24) is 0 Å². The average Bonchev–Trinajstić information content (AvgIpc) is 1.12. The molecule has 12 heavy (non-hydrogen) atoms. The van der Waals surface area contributed by atoms with E-state index in [9.17, 15) is 0 Å². The fourth-order valence-corrected chi connectivity index (χ4v) is 0. The van der Waals surface area contributed by atoms with E-state index in [0.29, 0.717) is 0 Å². The van der Waals surface area contributed by atoms with Crippen LogP contribution in [0.2, 0.25) is 0 Å². The minimum atomic E-state index is -5.35. The van der Waals surface area contributed by atoms with Gasteiger partial charge in [-0.05, 0) is 0 Å². The van der Waals surface area contributed by atoms with Crippen LogP contribution < -0.4 is 59.1 Å². The molecule has 0 saturated carbocycles. The summed E-state index contributed by atoms with van der Waals surface area (Å²) in [7, 11) is 0. The first-order valence-electron chi connectivity index (χ1n) is 1.57. The summed E-state index contributed by atoms with van der Waals surface area (Å²) in [6.45, 7) is 0. The maximum absolute atomic E-state index is 8.97. The molecule has 8 nitrogen and oxygen atoms in total. The van der Waals surface area contributed by atoms with Crippen molar-refractivity contribution in [1.29, 1.82) is 0 Å². The standard InChI is InChI=1S/2Na.6H2O.2O.2Sb.2H/h;;6*1H2;;;;;;/q2*+1;;;;;;;;;2*+3;2*-1/p-6. The molecular formula is H8Na2O8Sb2. The third kappa shape index (κ3) is 208. The fourth-order valence-electron chi connectivity index (χ4n) is 0. The topological polar surface area (TPSA) is 156 Å². The van der Waals surface area contributed by atoms with Crippen LogP contribution in [0.25, 0.3) is 0 Å². The molecule has 0 aromatic carbocycles. The molecule has 0 radical (unpaired) electrons. The molecule has 0 aromatic heterocycles. The Kier molecular flexibility index (Phi) is 21.3. The summed E-state index contributed by atoms with van der Waals surface area (Å²) in [6.07, 6.45) is 0. The first kappa shape index (κ1) is 24.3. The van der Waals surface area contributed by atoms with Crippen LogP contribution in [0.3, 0.4) is 0 Å². The molecule has 68 valence electrons. The Morgan fingerprint density at radius 1 is 0.667 bits per heavy atom. The molecular weight excluding hydrogens is 417 g/mol. The van der Waals surface area contributed by atoms with Gasteiger partial charge in [0.15, 0.2) is 0 Å². The van der Waals surface area contributed by atoms with E-state index in [1.807, 2.05) is 0 Å². The van der Waals surface area contributed by atoms with Gasteiger partial charge in [-0.15, -0.1) is 0 Å². The zero-order chi connectivity index (χ0) is 9.00. The summed E-state index contributed by atoms with van der Waals surface area (Å²) >= 11 is -10.7. The molecule has 6 N–H and O–H groups in total. The van der Waals surface area contributed by atoms with Gasteiger partial charge in [0.1, 0.15) is 0 Å². The Morgan fingerprint density at radius 2 is 0.667 bits per heavy atom. The van der Waals surface area contributed by atoms with Crippen LogP contribution in [-0.4, -0.2) is 60.4 Å². The van der Waals surface area contributed by atoms with Crippen LogP contribution in [0.15, 0.2) is 0 Å². The first-order chi connectivity index (χ1) is 4.00. The Bertz CT molecular complexity index is 136. The SMILES string of the molecule is [H-].[H-].[Na+].[Na+].[O]=[Sb]([OH])([OH])[OH].[O]=[Sb]([OH])([OH])[OH]. The van der Waals surface area contributed by atoms with E-state index in [-0.39, 0.29) is 62.0 Å². The van der Waals surface area contributed by atoms with Crippen LogP contribution in [0.4, 0.5) is 0 Å². The third-order valence-corrected chi connectivity index (χ3v) is 0. The van der Waals surface area contributed by atoms with Crippen molar-refractivity contribution in [3.05, 3.63) is 0 Å². The molecule has 0 rings (SSSR count). The molecule has 0 aliphatic carbocycles. The normalized spacial score (nSPS) is 9.83. The monoisotopic (exact) mass is 424 g/mol. The molecule has 0 aromatic rings. The number of rotatable bonds is 0. The summed E-state index contributed by atoms with van der Waals surface area (Å²) in [6, 6.07) is 0. The average molecular weight is 426 g/mol. The van der Waals surface area contributed by atoms with Gasteiger partial charge in [0.2, 0.25) is 0 Å². The predicted molar refractivity (Wildman–Crippen MR) is 28.4 cm³/mol. The summed E-state index contributed by atoms with van der Waals surface area (Å²) < 4.78 is 61.6. The summed E-state index contributed by atoms with van der Waals surface area (Å²) in [5.74, 6) is 0. The third-order valence-electron chi connectivity index (χ3n) is 0. The minimum absolute atomic E-state index is 0. The number of hydrogen-bond acceptors (Lipinski definition) is 2. The zero-order valence-electron chi connectivity index (χ0n) is 8.39. The molecule has 0 amide bonds. The fraction of sp³-hybridized carbons (Fsp3) is 0. The van der Waals surface area contributed by atoms with Crippen molar-refractivity contribution < 1.29 is 88.3 Å². The summed E-state index contributed by atoms with van der Waals surface area (Å²) in [5.41, 5.74) is 0. The molecule has 0 aliphatic heterocycles. The molecule has 0 aliphatic rings. The van der Waals surface area contributed by atoms with Crippen LogP contribution >= 0.6 is 0 Å². The van der Waals surface area contributed by atoms with E-state index in [1.165, 1.54) is 0 Å². The van der Waals surface area contributed by atoms with Crippen LogP contribution in [-0.2, 0) is 6.03 Å². The second-order valence-corrected chi connectivity index (χ2v) is 6.89. The van der Waals surface area contributed by atoms with Gasteiger partial charge in [-0.25, -0.2) is 0 Å². The van der Waals surface area contributed by atoms with Crippen molar-refractivity contribution in [2.45, 2.75) is 0 Å². The van der Waals surface area contributed by atoms with Gasteiger partial charge in [-0.1, -0.05) is 0 Å². The van der Waals surface area contributed by atoms with Crippen LogP contribution in [0, 0.1) is 0 Å². The summed E-state index contributed by atoms with van der Waals surface area (Å²) in [4.78, 5) is 0. The van der Waals surface area contributed by atoms with Crippen LogP contribution in [0.1, 0.15) is 2.85 Å². The van der Waals surface area contributed by atoms with Gasteiger partial charge in [-0.3, -0.25) is 0 Å². The van der Waals surface area contributed by atoms with E-state index in [1.54, 1.807) is 0 Å². The van der Waals surface area contributed by atoms with E-state index >= 15 is 0 Å². The molecule has 0 spiro atoms. The Morgan fingerprint density at radius 3 is 0.667 bits per heavy atom. The molecule has 0 atom stereocenters. The van der Waals surface area contributed by atoms with Crippen molar-refractivity contribution in [3.8, 4) is 0 Å². The molecule has 0 heterocycles. The Balaban J connectivity index is -0.0000000178. The Labute approximate surface area is 126 Å². The van der Waals surface area contributed by atoms with Gasteiger partial charge in [0.05, 0.1) is 0 Å². The van der Waals surface area contributed by atoms with Crippen molar-refractivity contribution >= 4 is 40.1 Å². The van der Waals surface area contributed by atoms with E-state index in [4.69, 9.17) is 26.3 Å². The molecule has 12 heteroatoms. The maximum atomic E-state index is 8.97. The first-order valence-corrected chi connectivity index (χ1v) is 10.5. The van der Waals surface area contributed by atoms with Gasteiger partial charge < -0.3 is 2.85 Å². The number of hydrogen-bond donors (Lipinski definition) is 6. The quantitative estimate of drug-likeness (QED) is 0.209. The molecule has 0 unspecified atom stereocenters. The van der Waals surface area contributed by atoms with Crippen molar-refractivity contribution in [3.63, 3.8) is 0 Å². The predicted octanol–water partition coefficient (Wildman–Crippen LogP) is -10.1. The van der Waals surface area contributed by atoms with Gasteiger partial charge in [0.25, 0.3) is 0 Å². The van der Waals surface area contributed by atoms with E-state index in [2.05, 4.69) is 0 Å². The molecule has 0 bridgehead atoms. The Hall–Kier alpha value is 3.00. The second-order valence-electron chi connectivity index (χ2n) is 1.03. The second kappa shape index (κ2) is 10.5. The van der Waals surface area contributed by atoms with Crippen molar-refractivity contribution in [2.75, 3.05) is 0 Å². The van der Waals surface area contributed by atoms with Crippen molar-refractivity contribution in [2.24, 2.45) is 0 Å². The van der Waals surface area contributed by atoms with Gasteiger partial charge in [-0.2, -0.15) is 0 Å². The van der Waals surface area contributed by atoms with E-state index < -0.39 is 40.1 Å². The zero-order valence-corrected chi connectivity index (χ0v) is 15.5. The molecule has 0 saturated heterocycles.